The van der Waals surface area contributed by atoms with Gasteiger partial charge in [0.1, 0.15) is 23.0 Å². The fraction of sp³-hybridized carbons (Fsp3) is 0.342. The number of alkyl halides is 1. The fourth-order valence-corrected chi connectivity index (χ4v) is 6.78. The first-order valence-electron chi connectivity index (χ1n) is 16.6. The molecule has 2 aromatic carbocycles. The summed E-state index contributed by atoms with van der Waals surface area (Å²) >= 11 is 7.41. The van der Waals surface area contributed by atoms with Gasteiger partial charge in [0.2, 0.25) is 5.89 Å². The average molecular weight is 708 g/mol. The number of carbonyl (C=O) groups is 1. The van der Waals surface area contributed by atoms with Gasteiger partial charge < -0.3 is 34.9 Å². The molecule has 1 aliphatic carbocycles. The predicted octanol–water partition coefficient (Wildman–Crippen LogP) is 4.54. The molecule has 1 amide bonds. The average Bonchev–Trinajstić information content (AvgIpc) is 3.59. The van der Waals surface area contributed by atoms with Crippen LogP contribution in [0.3, 0.4) is 0 Å². The molecule has 4 aromatic rings. The van der Waals surface area contributed by atoms with Crippen LogP contribution < -0.4 is 20.7 Å². The fourth-order valence-electron chi connectivity index (χ4n) is 6.37. The zero-order chi connectivity index (χ0) is 36.0. The van der Waals surface area contributed by atoms with Crippen molar-refractivity contribution in [2.75, 3.05) is 26.9 Å². The summed E-state index contributed by atoms with van der Waals surface area (Å²) in [5.74, 6) is -0.0139. The van der Waals surface area contributed by atoms with Crippen LogP contribution in [0.1, 0.15) is 57.0 Å². The lowest BCUT2D eigenvalue weighted by molar-refractivity contribution is -0.0280. The van der Waals surface area contributed by atoms with E-state index in [4.69, 9.17) is 35.7 Å². The van der Waals surface area contributed by atoms with Crippen molar-refractivity contribution in [3.63, 3.8) is 0 Å². The Hall–Kier alpha value is -5.08. The van der Waals surface area contributed by atoms with Crippen molar-refractivity contribution >= 4 is 34.2 Å². The maximum Gasteiger partial charge on any atom is 0.271 e. The number of pyridine rings is 1. The van der Waals surface area contributed by atoms with E-state index in [1.165, 1.54) is 7.11 Å². The van der Waals surface area contributed by atoms with Gasteiger partial charge in [0, 0.05) is 56.5 Å². The second kappa shape index (κ2) is 15.9. The van der Waals surface area contributed by atoms with Crippen LogP contribution in [0, 0.1) is 29.6 Å². The number of nitrogens with zero attached hydrogens (tertiary/aromatic N) is 4. The SMILES string of the molecule is COc1cc(C(=O)NC2(c3nc4cc(CN[C@@H]5CCOC[C@H]5O)cc(C#N)c4o3)C=CC=C(c3ccccc3C)C2Cl)ncc1CNCCC#N. The van der Waals surface area contributed by atoms with E-state index in [0.29, 0.717) is 50.3 Å². The van der Waals surface area contributed by atoms with Gasteiger partial charge in [-0.1, -0.05) is 36.4 Å². The number of aliphatic hydroxyl groups excluding tert-OH is 1. The van der Waals surface area contributed by atoms with Crippen LogP contribution in [0.5, 0.6) is 5.75 Å². The molecule has 2 unspecified atom stereocenters. The van der Waals surface area contributed by atoms with E-state index >= 15 is 0 Å². The van der Waals surface area contributed by atoms with E-state index in [1.54, 1.807) is 30.5 Å². The quantitative estimate of drug-likeness (QED) is 0.120. The molecule has 12 nitrogen and oxygen atoms in total. The molecule has 0 saturated carbocycles. The number of aliphatic hydroxyl groups is 1. The van der Waals surface area contributed by atoms with Crippen molar-refractivity contribution in [3.8, 4) is 17.9 Å². The maximum atomic E-state index is 14.1. The van der Waals surface area contributed by atoms with Gasteiger partial charge in [-0.2, -0.15) is 10.5 Å². The Kier molecular flexibility index (Phi) is 11.1. The molecule has 262 valence electrons. The number of oxazole rings is 1. The van der Waals surface area contributed by atoms with Gasteiger partial charge in [0.05, 0.1) is 36.8 Å². The third-order valence-corrected chi connectivity index (χ3v) is 9.71. The number of nitriles is 2. The number of rotatable bonds is 12. The number of hydrogen-bond acceptors (Lipinski definition) is 11. The van der Waals surface area contributed by atoms with E-state index in [9.17, 15) is 15.2 Å². The summed E-state index contributed by atoms with van der Waals surface area (Å²) in [6, 6.07) is 17.1. The van der Waals surface area contributed by atoms with Crippen molar-refractivity contribution in [1.29, 1.82) is 10.5 Å². The van der Waals surface area contributed by atoms with E-state index in [1.807, 2.05) is 43.3 Å². The first-order valence-corrected chi connectivity index (χ1v) is 17.1. The molecular formula is C38H38ClN7O5. The van der Waals surface area contributed by atoms with Crippen molar-refractivity contribution in [1.82, 2.24) is 25.9 Å². The van der Waals surface area contributed by atoms with E-state index in [0.717, 1.165) is 27.8 Å². The van der Waals surface area contributed by atoms with Gasteiger partial charge in [-0.25, -0.2) is 4.98 Å². The van der Waals surface area contributed by atoms with E-state index in [2.05, 4.69) is 33.1 Å². The van der Waals surface area contributed by atoms with Gasteiger partial charge in [-0.3, -0.25) is 9.78 Å². The van der Waals surface area contributed by atoms with Crippen molar-refractivity contribution in [2.24, 2.45) is 0 Å². The Morgan fingerprint density at radius 1 is 1.22 bits per heavy atom. The maximum absolute atomic E-state index is 14.1. The number of hydrogen-bond donors (Lipinski definition) is 4. The number of amides is 1. The van der Waals surface area contributed by atoms with Gasteiger partial charge in [-0.05, 0) is 53.8 Å². The minimum absolute atomic E-state index is 0.0775. The number of ether oxygens (including phenoxy) is 2. The summed E-state index contributed by atoms with van der Waals surface area (Å²) < 4.78 is 17.3. The number of nitrogens with one attached hydrogen (secondary N) is 3. The highest BCUT2D eigenvalue weighted by atomic mass is 35.5. The van der Waals surface area contributed by atoms with E-state index < -0.39 is 22.9 Å². The lowest BCUT2D eigenvalue weighted by Gasteiger charge is -2.36. The second-order valence-electron chi connectivity index (χ2n) is 12.5. The van der Waals surface area contributed by atoms with Crippen LogP contribution in [0.15, 0.2) is 71.3 Å². The highest BCUT2D eigenvalue weighted by Gasteiger charge is 2.47. The first kappa shape index (κ1) is 35.7. The standard InChI is InChI=1S/C38H38ClN7O5/c1-23-7-3-4-8-27(23)28-9-5-11-38(35(28)39,46-36(48)31-17-33(49-2)26(21-44-31)20-42-13-6-12-40)37-45-30-16-24(15-25(18-41)34(30)51-37)19-43-29-10-14-50-22-32(29)47/h3-5,7-9,11,15-17,21,29,32,35,42-43,47H,6,10,13-14,19-20,22H2,1-2H3,(H,46,48)/t29-,32-,35?,38?/m1/s1. The predicted molar refractivity (Wildman–Crippen MR) is 191 cm³/mol. The summed E-state index contributed by atoms with van der Waals surface area (Å²) in [5.41, 5.74) is 3.63. The highest BCUT2D eigenvalue weighted by Crippen LogP contribution is 2.43. The van der Waals surface area contributed by atoms with Crippen molar-refractivity contribution < 1.29 is 23.8 Å². The molecule has 4 N–H and O–H groups in total. The number of fused-ring (bicyclic) bond motifs is 1. The topological polar surface area (TPSA) is 178 Å². The summed E-state index contributed by atoms with van der Waals surface area (Å²) in [5, 5.41) is 38.1. The molecule has 0 bridgehead atoms. The molecule has 6 rings (SSSR count). The Morgan fingerprint density at radius 2 is 2.06 bits per heavy atom. The Bertz CT molecular complexity index is 2070. The normalized spacial score (nSPS) is 21.5. The number of carbonyl (C=O) groups excluding carboxylic acids is 1. The van der Waals surface area contributed by atoms with E-state index in [-0.39, 0.29) is 35.4 Å². The molecule has 51 heavy (non-hydrogen) atoms. The molecule has 4 atom stereocenters. The Morgan fingerprint density at radius 3 is 2.82 bits per heavy atom. The minimum Gasteiger partial charge on any atom is -0.496 e. The monoisotopic (exact) mass is 707 g/mol. The van der Waals surface area contributed by atoms with Gasteiger partial charge in [0.15, 0.2) is 11.1 Å². The van der Waals surface area contributed by atoms with Crippen molar-refractivity contribution in [2.45, 2.75) is 55.9 Å². The molecule has 2 aromatic heterocycles. The molecule has 0 radical (unpaired) electrons. The Labute approximate surface area is 300 Å². The highest BCUT2D eigenvalue weighted by molar-refractivity contribution is 6.28. The zero-order valence-electron chi connectivity index (χ0n) is 28.3. The molecular weight excluding hydrogens is 670 g/mol. The van der Waals surface area contributed by atoms with Crippen LogP contribution in [-0.4, -0.2) is 65.4 Å². The number of allylic oxidation sites excluding steroid dienone is 2. The largest absolute Gasteiger partial charge is 0.496 e. The number of benzene rings is 2. The smallest absolute Gasteiger partial charge is 0.271 e. The molecule has 1 fully saturated rings. The second-order valence-corrected chi connectivity index (χ2v) is 12.9. The first-order chi connectivity index (χ1) is 24.8. The lowest BCUT2D eigenvalue weighted by Crippen LogP contribution is -2.52. The number of aryl methyl sites for hydroxylation is 1. The molecule has 3 heterocycles. The van der Waals surface area contributed by atoms with Crippen LogP contribution in [0.25, 0.3) is 16.7 Å². The van der Waals surface area contributed by atoms with Gasteiger partial charge in [-0.15, -0.1) is 11.6 Å². The summed E-state index contributed by atoms with van der Waals surface area (Å²) in [6.45, 7) is 4.08. The molecule has 1 aliphatic heterocycles. The summed E-state index contributed by atoms with van der Waals surface area (Å²) in [7, 11) is 1.51. The lowest BCUT2D eigenvalue weighted by atomic mass is 9.81. The summed E-state index contributed by atoms with van der Waals surface area (Å²) in [4.78, 5) is 23.4. The third kappa shape index (κ3) is 7.52. The number of aromatic nitrogens is 2. The van der Waals surface area contributed by atoms with Crippen LogP contribution in [0.2, 0.25) is 0 Å². The third-order valence-electron chi connectivity index (χ3n) is 9.13. The van der Waals surface area contributed by atoms with Gasteiger partial charge >= 0.3 is 0 Å². The zero-order valence-corrected chi connectivity index (χ0v) is 29.0. The van der Waals surface area contributed by atoms with Gasteiger partial charge in [0.25, 0.3) is 5.91 Å². The molecule has 1 saturated heterocycles. The van der Waals surface area contributed by atoms with Crippen LogP contribution in [-0.2, 0) is 23.4 Å². The molecule has 0 spiro atoms. The van der Waals surface area contributed by atoms with Crippen molar-refractivity contribution in [3.05, 3.63) is 106 Å². The number of methoxy groups -OCH3 is 1. The molecule has 13 heteroatoms. The van der Waals surface area contributed by atoms with Crippen LogP contribution >= 0.6 is 11.6 Å². The van der Waals surface area contributed by atoms with Crippen LogP contribution in [0.4, 0.5) is 0 Å². The number of halogens is 1. The Balaban J connectivity index is 1.38. The summed E-state index contributed by atoms with van der Waals surface area (Å²) in [6.07, 6.45) is 7.38. The minimum atomic E-state index is -1.51. The molecule has 2 aliphatic rings.